The van der Waals surface area contributed by atoms with Gasteiger partial charge in [-0.3, -0.25) is 9.97 Å². The van der Waals surface area contributed by atoms with Crippen molar-refractivity contribution in [3.05, 3.63) is 145 Å². The zero-order valence-corrected chi connectivity index (χ0v) is 23.6. The Labute approximate surface area is 238 Å². The molecule has 0 unspecified atom stereocenters. The van der Waals surface area contributed by atoms with Gasteiger partial charge in [-0.2, -0.15) is 23.8 Å². The fourth-order valence-electron chi connectivity index (χ4n) is 4.14. The number of nitrogens with zero attached hydrogens (tertiary/aromatic N) is 4. The predicted molar refractivity (Wildman–Crippen MR) is 150 cm³/mol. The first-order chi connectivity index (χ1) is 18.1. The van der Waals surface area contributed by atoms with Crippen molar-refractivity contribution in [3.8, 4) is 33.6 Å². The number of rotatable bonds is 5. The maximum atomic E-state index is 4.68. The van der Waals surface area contributed by atoms with Crippen molar-refractivity contribution in [1.82, 2.24) is 19.9 Å². The van der Waals surface area contributed by atoms with E-state index in [0.717, 1.165) is 33.9 Å². The Kier molecular flexibility index (Phi) is 8.89. The van der Waals surface area contributed by atoms with Crippen molar-refractivity contribution in [2.45, 2.75) is 19.3 Å². The fourth-order valence-corrected chi connectivity index (χ4v) is 4.14. The summed E-state index contributed by atoms with van der Waals surface area (Å²) in [6, 6.07) is 36.7. The predicted octanol–water partition coefficient (Wildman–Crippen LogP) is 7.40. The quantitative estimate of drug-likeness (QED) is 0.191. The van der Waals surface area contributed by atoms with Crippen molar-refractivity contribution in [2.24, 2.45) is 0 Å². The molecule has 0 saturated heterocycles. The number of pyridine rings is 2. The number of hydrogen-bond donors (Lipinski definition) is 0. The third-order valence-electron chi connectivity index (χ3n) is 6.36. The molecule has 6 rings (SSSR count). The molecule has 0 N–H and O–H groups in total. The van der Waals surface area contributed by atoms with Crippen LogP contribution in [0, 0.1) is 0 Å². The molecule has 190 valence electrons. The van der Waals surface area contributed by atoms with E-state index >= 15 is 0 Å². The van der Waals surface area contributed by atoms with Crippen molar-refractivity contribution in [1.29, 1.82) is 0 Å². The van der Waals surface area contributed by atoms with Crippen LogP contribution >= 0.6 is 0 Å². The average molecular weight is 676 g/mol. The molecule has 0 saturated carbocycles. The molecule has 0 bridgehead atoms. The molecule has 4 aromatic heterocycles. The van der Waals surface area contributed by atoms with Crippen LogP contribution in [0.15, 0.2) is 134 Å². The summed E-state index contributed by atoms with van der Waals surface area (Å²) in [6.45, 7) is 4.36. The maximum absolute atomic E-state index is 4.68. The second-order valence-electron chi connectivity index (χ2n) is 9.27. The first-order valence-electron chi connectivity index (χ1n) is 12.3. The Morgan fingerprint density at radius 3 is 1.26 bits per heavy atom. The van der Waals surface area contributed by atoms with Crippen LogP contribution in [0.4, 0.5) is 0 Å². The summed E-state index contributed by atoms with van der Waals surface area (Å²) in [5.74, 6) is 0. The van der Waals surface area contributed by atoms with Crippen molar-refractivity contribution in [3.63, 3.8) is 0 Å². The minimum Gasteiger partial charge on any atom is -0.666 e. The molecule has 0 aliphatic rings. The van der Waals surface area contributed by atoms with Crippen LogP contribution in [-0.2, 0) is 26.5 Å². The van der Waals surface area contributed by atoms with E-state index in [-0.39, 0.29) is 26.5 Å². The summed E-state index contributed by atoms with van der Waals surface area (Å²) in [6.07, 6.45) is 7.44. The van der Waals surface area contributed by atoms with Crippen LogP contribution in [0.3, 0.4) is 0 Å². The first-order valence-corrected chi connectivity index (χ1v) is 12.3. The summed E-state index contributed by atoms with van der Waals surface area (Å²) in [4.78, 5) is 17.7. The Morgan fingerprint density at radius 1 is 0.500 bits per heavy atom. The molecule has 0 spiro atoms. The first kappa shape index (κ1) is 27.0. The summed E-state index contributed by atoms with van der Waals surface area (Å²) < 4.78 is 0. The van der Waals surface area contributed by atoms with E-state index < -0.39 is 0 Å². The summed E-state index contributed by atoms with van der Waals surface area (Å²) in [5.41, 5.74) is 8.37. The standard InChI is InChI=1S/C23H20N2.C10H8N2.Pt/c1-23(2,21-13-19(15-24-21)17-9-5-3-6-10-17)22-14-20(16-25-22)18-11-7-4-8-12-18;1-3-7-11-9(5-1)10-6-2-4-8-12-10;/h3-16H,1-2H3;1-8H;/q-2;;+2. The summed E-state index contributed by atoms with van der Waals surface area (Å²) in [5, 5.41) is 0. The molecule has 5 heteroatoms. The number of aromatic nitrogens is 4. The SMILES string of the molecule is CC(C)(c1cc(-c2ccccc2)c[n-]1)c1cc(-c2ccccc2)c[n-]1.[Pt+2].c1ccc(-c2ccccn2)nc1. The van der Waals surface area contributed by atoms with Gasteiger partial charge in [-0.05, 0) is 51.9 Å². The monoisotopic (exact) mass is 675 g/mol. The molecule has 4 heterocycles. The molecule has 0 fully saturated rings. The van der Waals surface area contributed by atoms with Gasteiger partial charge >= 0.3 is 21.1 Å². The minimum absolute atomic E-state index is 0. The molecule has 38 heavy (non-hydrogen) atoms. The molecule has 4 nitrogen and oxygen atoms in total. The Hall–Kier alpha value is -4.01. The van der Waals surface area contributed by atoms with Gasteiger partial charge in [-0.15, -0.1) is 0 Å². The van der Waals surface area contributed by atoms with Crippen LogP contribution in [0.1, 0.15) is 25.2 Å². The van der Waals surface area contributed by atoms with Crippen LogP contribution in [0.25, 0.3) is 33.6 Å². The molecule has 0 aliphatic carbocycles. The molecule has 0 atom stereocenters. The van der Waals surface area contributed by atoms with Crippen molar-refractivity contribution < 1.29 is 21.1 Å². The number of benzene rings is 2. The molecule has 6 aromatic rings. The Morgan fingerprint density at radius 2 is 0.895 bits per heavy atom. The Bertz CT molecular complexity index is 1410. The largest absolute Gasteiger partial charge is 2.00 e. The van der Waals surface area contributed by atoms with Crippen LogP contribution in [0.2, 0.25) is 0 Å². The van der Waals surface area contributed by atoms with E-state index in [4.69, 9.17) is 0 Å². The molecule has 0 amide bonds. The molecular weight excluding hydrogens is 647 g/mol. The van der Waals surface area contributed by atoms with Crippen LogP contribution in [0.5, 0.6) is 0 Å². The maximum Gasteiger partial charge on any atom is 2.00 e. The minimum atomic E-state index is -0.236. The van der Waals surface area contributed by atoms with E-state index in [1.807, 2.05) is 60.9 Å². The third-order valence-corrected chi connectivity index (χ3v) is 6.36. The van der Waals surface area contributed by atoms with E-state index in [9.17, 15) is 0 Å². The normalized spacial score (nSPS) is 10.7. The second-order valence-corrected chi connectivity index (χ2v) is 9.27. The van der Waals surface area contributed by atoms with E-state index in [0.29, 0.717) is 0 Å². The molecule has 0 aliphatic heterocycles. The van der Waals surface area contributed by atoms with E-state index in [1.54, 1.807) is 12.4 Å². The van der Waals surface area contributed by atoms with Crippen molar-refractivity contribution >= 4 is 0 Å². The van der Waals surface area contributed by atoms with Gasteiger partial charge < -0.3 is 9.97 Å². The summed E-state index contributed by atoms with van der Waals surface area (Å²) in [7, 11) is 0. The zero-order chi connectivity index (χ0) is 25.5. The molecular formula is C33H28N4Pt. The van der Waals surface area contributed by atoms with Gasteiger partial charge in [0, 0.05) is 12.4 Å². The Balaban J connectivity index is 0.000000218. The van der Waals surface area contributed by atoms with Gasteiger partial charge in [0.2, 0.25) is 0 Å². The van der Waals surface area contributed by atoms with E-state index in [2.05, 4.69) is 94.4 Å². The average Bonchev–Trinajstić information content (AvgIpc) is 3.67. The van der Waals surface area contributed by atoms with Gasteiger partial charge in [0.25, 0.3) is 0 Å². The topological polar surface area (TPSA) is 54.0 Å². The van der Waals surface area contributed by atoms with Gasteiger partial charge in [-0.1, -0.05) is 98.8 Å². The van der Waals surface area contributed by atoms with Gasteiger partial charge in [0.05, 0.1) is 11.4 Å². The fraction of sp³-hybridized carbons (Fsp3) is 0.0909. The van der Waals surface area contributed by atoms with Crippen LogP contribution < -0.4 is 9.97 Å². The van der Waals surface area contributed by atoms with Crippen LogP contribution in [-0.4, -0.2) is 9.97 Å². The summed E-state index contributed by atoms with van der Waals surface area (Å²) >= 11 is 0. The van der Waals surface area contributed by atoms with Crippen molar-refractivity contribution in [2.75, 3.05) is 0 Å². The zero-order valence-electron chi connectivity index (χ0n) is 21.3. The van der Waals surface area contributed by atoms with Gasteiger partial charge in [0.1, 0.15) is 0 Å². The van der Waals surface area contributed by atoms with Gasteiger partial charge in [0.15, 0.2) is 0 Å². The van der Waals surface area contributed by atoms with E-state index in [1.165, 1.54) is 11.1 Å². The second kappa shape index (κ2) is 12.5. The number of hydrogen-bond acceptors (Lipinski definition) is 2. The molecule has 0 radical (unpaired) electrons. The third kappa shape index (κ3) is 6.27. The smallest absolute Gasteiger partial charge is 0.666 e. The van der Waals surface area contributed by atoms with Gasteiger partial charge in [-0.25, -0.2) is 0 Å². The molecule has 2 aromatic carbocycles.